The normalized spacial score (nSPS) is 16.8. The first kappa shape index (κ1) is 16.8. The number of amides is 1. The molecule has 128 valence electrons. The Balaban J connectivity index is 1.86. The summed E-state index contributed by atoms with van der Waals surface area (Å²) < 4.78 is 12.4. The zero-order valence-electron chi connectivity index (χ0n) is 13.7. The molecule has 0 saturated heterocycles. The van der Waals surface area contributed by atoms with Gasteiger partial charge in [-0.1, -0.05) is 11.6 Å². The summed E-state index contributed by atoms with van der Waals surface area (Å²) in [5, 5.41) is 4.80. The summed E-state index contributed by atoms with van der Waals surface area (Å²) in [6.07, 6.45) is 2.56. The average Bonchev–Trinajstić information content (AvgIpc) is 3.08. The lowest BCUT2D eigenvalue weighted by Crippen LogP contribution is -2.41. The van der Waals surface area contributed by atoms with Crippen molar-refractivity contribution in [2.75, 3.05) is 27.4 Å². The minimum absolute atomic E-state index is 0.0945. The van der Waals surface area contributed by atoms with Gasteiger partial charge < -0.3 is 14.4 Å². The number of carbonyl (C=O) groups is 1. The molecular formula is C17H20ClN3O3. The summed E-state index contributed by atoms with van der Waals surface area (Å²) >= 11 is 6.23. The highest BCUT2D eigenvalue weighted by Gasteiger charge is 2.29. The van der Waals surface area contributed by atoms with E-state index in [0.717, 1.165) is 12.1 Å². The number of aromatic nitrogens is 2. The Kier molecular flexibility index (Phi) is 5.06. The average molecular weight is 350 g/mol. The highest BCUT2D eigenvalue weighted by molar-refractivity contribution is 6.33. The molecular weight excluding hydrogens is 330 g/mol. The highest BCUT2D eigenvalue weighted by atomic mass is 35.5. The van der Waals surface area contributed by atoms with Gasteiger partial charge in [-0.3, -0.25) is 9.48 Å². The third-order valence-corrected chi connectivity index (χ3v) is 4.56. The fraction of sp³-hybridized carbons (Fsp3) is 0.412. The number of methoxy groups -OCH3 is 2. The monoisotopic (exact) mass is 349 g/mol. The van der Waals surface area contributed by atoms with Crippen LogP contribution in [-0.4, -0.2) is 48.0 Å². The first-order valence-corrected chi connectivity index (χ1v) is 8.16. The van der Waals surface area contributed by atoms with Crippen molar-refractivity contribution in [2.45, 2.75) is 19.0 Å². The lowest BCUT2D eigenvalue weighted by molar-refractivity contribution is 0.0641. The van der Waals surface area contributed by atoms with Gasteiger partial charge >= 0.3 is 0 Å². The van der Waals surface area contributed by atoms with Gasteiger partial charge in [-0.25, -0.2) is 0 Å². The van der Waals surface area contributed by atoms with E-state index in [-0.39, 0.29) is 11.9 Å². The van der Waals surface area contributed by atoms with Crippen molar-refractivity contribution >= 4 is 17.5 Å². The van der Waals surface area contributed by atoms with E-state index in [1.54, 1.807) is 43.5 Å². The van der Waals surface area contributed by atoms with Crippen LogP contribution in [-0.2, 0) is 11.3 Å². The third kappa shape index (κ3) is 3.25. The van der Waals surface area contributed by atoms with Crippen molar-refractivity contribution in [3.8, 4) is 5.75 Å². The first-order chi connectivity index (χ1) is 11.6. The second kappa shape index (κ2) is 7.23. The van der Waals surface area contributed by atoms with E-state index in [2.05, 4.69) is 5.10 Å². The van der Waals surface area contributed by atoms with Crippen LogP contribution in [0.15, 0.2) is 30.5 Å². The van der Waals surface area contributed by atoms with Gasteiger partial charge in [0.05, 0.1) is 36.0 Å². The summed E-state index contributed by atoms with van der Waals surface area (Å²) in [7, 11) is 3.24. The molecule has 0 bridgehead atoms. The standard InChI is InChI=1S/C17H20ClN3O3/c1-23-8-6-13-11-20(10-12-5-7-19-21(12)13)17(22)15-9-14(24-2)3-4-16(15)18/h3-5,7,9,13H,6,8,10-11H2,1-2H3/t13-/m1/s1. The Labute approximate surface area is 145 Å². The Bertz CT molecular complexity index is 732. The van der Waals surface area contributed by atoms with E-state index >= 15 is 0 Å². The number of hydrogen-bond donors (Lipinski definition) is 0. The number of benzene rings is 1. The van der Waals surface area contributed by atoms with Crippen molar-refractivity contribution in [2.24, 2.45) is 0 Å². The van der Waals surface area contributed by atoms with Crippen LogP contribution in [0.1, 0.15) is 28.5 Å². The predicted octanol–water partition coefficient (Wildman–Crippen LogP) is 2.78. The molecule has 0 saturated carbocycles. The molecule has 0 N–H and O–H groups in total. The van der Waals surface area contributed by atoms with Crippen molar-refractivity contribution in [3.63, 3.8) is 0 Å². The van der Waals surface area contributed by atoms with Gasteiger partial charge in [0, 0.05) is 26.5 Å². The van der Waals surface area contributed by atoms with E-state index in [1.807, 2.05) is 10.7 Å². The second-order valence-electron chi connectivity index (χ2n) is 5.73. The van der Waals surface area contributed by atoms with Crippen LogP contribution in [0.5, 0.6) is 5.75 Å². The molecule has 1 aromatic heterocycles. The Morgan fingerprint density at radius 2 is 2.21 bits per heavy atom. The topological polar surface area (TPSA) is 56.6 Å². The molecule has 1 aliphatic rings. The molecule has 1 aromatic carbocycles. The molecule has 0 fully saturated rings. The molecule has 1 amide bonds. The van der Waals surface area contributed by atoms with Gasteiger partial charge in [0.15, 0.2) is 0 Å². The summed E-state index contributed by atoms with van der Waals surface area (Å²) in [5.74, 6) is 0.509. The predicted molar refractivity (Wildman–Crippen MR) is 90.5 cm³/mol. The van der Waals surface area contributed by atoms with Crippen molar-refractivity contribution < 1.29 is 14.3 Å². The maximum atomic E-state index is 13.0. The van der Waals surface area contributed by atoms with Crippen LogP contribution < -0.4 is 4.74 Å². The Hall–Kier alpha value is -2.05. The van der Waals surface area contributed by atoms with Crippen molar-refractivity contribution in [1.82, 2.24) is 14.7 Å². The van der Waals surface area contributed by atoms with Gasteiger partial charge in [-0.15, -0.1) is 0 Å². The molecule has 0 unspecified atom stereocenters. The third-order valence-electron chi connectivity index (χ3n) is 4.23. The fourth-order valence-corrected chi connectivity index (χ4v) is 3.17. The number of carbonyl (C=O) groups excluding carboxylic acids is 1. The van der Waals surface area contributed by atoms with Crippen molar-refractivity contribution in [3.05, 3.63) is 46.7 Å². The SMILES string of the molecule is COCC[C@@H]1CN(C(=O)c2cc(OC)ccc2Cl)Cc2ccnn21. The zero-order valence-corrected chi connectivity index (χ0v) is 14.5. The molecule has 0 aliphatic carbocycles. The largest absolute Gasteiger partial charge is 0.497 e. The van der Waals surface area contributed by atoms with Crippen LogP contribution >= 0.6 is 11.6 Å². The van der Waals surface area contributed by atoms with E-state index in [1.165, 1.54) is 0 Å². The van der Waals surface area contributed by atoms with Crippen LogP contribution in [0.25, 0.3) is 0 Å². The molecule has 1 aliphatic heterocycles. The molecule has 0 spiro atoms. The second-order valence-corrected chi connectivity index (χ2v) is 6.14. The van der Waals surface area contributed by atoms with Crippen LogP contribution in [0, 0.1) is 0 Å². The molecule has 0 radical (unpaired) electrons. The van der Waals surface area contributed by atoms with E-state index < -0.39 is 0 Å². The highest BCUT2D eigenvalue weighted by Crippen LogP contribution is 2.28. The van der Waals surface area contributed by atoms with Gasteiger partial charge in [-0.05, 0) is 30.7 Å². The van der Waals surface area contributed by atoms with E-state index in [4.69, 9.17) is 21.1 Å². The fourth-order valence-electron chi connectivity index (χ4n) is 2.98. The molecule has 24 heavy (non-hydrogen) atoms. The number of nitrogens with zero attached hydrogens (tertiary/aromatic N) is 3. The summed E-state index contributed by atoms with van der Waals surface area (Å²) in [5.41, 5.74) is 1.46. The van der Waals surface area contributed by atoms with Crippen LogP contribution in [0.2, 0.25) is 5.02 Å². The van der Waals surface area contributed by atoms with Gasteiger partial charge in [-0.2, -0.15) is 5.10 Å². The van der Waals surface area contributed by atoms with Crippen LogP contribution in [0.3, 0.4) is 0 Å². The molecule has 7 heteroatoms. The summed E-state index contributed by atoms with van der Waals surface area (Å²) in [6.45, 7) is 1.70. The van der Waals surface area contributed by atoms with E-state index in [9.17, 15) is 4.79 Å². The smallest absolute Gasteiger partial charge is 0.255 e. The van der Waals surface area contributed by atoms with Gasteiger partial charge in [0.2, 0.25) is 0 Å². The number of hydrogen-bond acceptors (Lipinski definition) is 4. The number of fused-ring (bicyclic) bond motifs is 1. The number of rotatable bonds is 5. The molecule has 1 atom stereocenters. The molecule has 3 rings (SSSR count). The minimum Gasteiger partial charge on any atom is -0.497 e. The van der Waals surface area contributed by atoms with Crippen LogP contribution in [0.4, 0.5) is 0 Å². The number of ether oxygens (including phenoxy) is 2. The molecule has 2 aromatic rings. The summed E-state index contributed by atoms with van der Waals surface area (Å²) in [4.78, 5) is 14.8. The maximum Gasteiger partial charge on any atom is 0.255 e. The molecule has 2 heterocycles. The minimum atomic E-state index is -0.103. The first-order valence-electron chi connectivity index (χ1n) is 7.78. The lowest BCUT2D eigenvalue weighted by Gasteiger charge is -2.34. The van der Waals surface area contributed by atoms with Gasteiger partial charge in [0.1, 0.15) is 5.75 Å². The quantitative estimate of drug-likeness (QED) is 0.833. The number of halogens is 1. The Morgan fingerprint density at radius 1 is 1.38 bits per heavy atom. The Morgan fingerprint density at radius 3 is 2.96 bits per heavy atom. The lowest BCUT2D eigenvalue weighted by atomic mass is 10.1. The van der Waals surface area contributed by atoms with E-state index in [0.29, 0.717) is 36.0 Å². The zero-order chi connectivity index (χ0) is 17.1. The van der Waals surface area contributed by atoms with Crippen molar-refractivity contribution in [1.29, 1.82) is 0 Å². The van der Waals surface area contributed by atoms with Gasteiger partial charge in [0.25, 0.3) is 5.91 Å². The summed E-state index contributed by atoms with van der Waals surface area (Å²) in [6, 6.07) is 7.14. The molecule has 6 nitrogen and oxygen atoms in total. The maximum absolute atomic E-state index is 13.0.